The summed E-state index contributed by atoms with van der Waals surface area (Å²) in [6, 6.07) is 21.9. The number of carbonyl (C=O) groups is 3. The fourth-order valence-electron chi connectivity index (χ4n) is 6.46. The van der Waals surface area contributed by atoms with E-state index < -0.39 is 44.8 Å². The molecule has 4 atom stereocenters. The quantitative estimate of drug-likeness (QED) is 0.0656. The number of hydrogen-bond acceptors (Lipinski definition) is 9. The fourth-order valence-corrected chi connectivity index (χ4v) is 6.65. The second-order valence-electron chi connectivity index (χ2n) is 13.4. The molecule has 4 rings (SSSR count). The van der Waals surface area contributed by atoms with Gasteiger partial charge in [-0.1, -0.05) is 92.7 Å². The van der Waals surface area contributed by atoms with E-state index in [4.69, 9.17) is 9.47 Å². The molecule has 1 heterocycles. The summed E-state index contributed by atoms with van der Waals surface area (Å²) in [5, 5.41) is 8.95. The van der Waals surface area contributed by atoms with Gasteiger partial charge in [0.15, 0.2) is 13.4 Å². The van der Waals surface area contributed by atoms with Crippen molar-refractivity contribution in [1.29, 1.82) is 0 Å². The summed E-state index contributed by atoms with van der Waals surface area (Å²) >= 11 is 0. The number of benzene rings is 3. The van der Waals surface area contributed by atoms with Gasteiger partial charge in [0.1, 0.15) is 11.8 Å². The Labute approximate surface area is 362 Å². The maximum Gasteiger partial charge on any atom is 1.00 e. The van der Waals surface area contributed by atoms with Crippen LogP contribution in [0, 0.1) is 19.8 Å². The first-order valence-corrected chi connectivity index (χ1v) is 19.0. The minimum Gasteiger partial charge on any atom is -0.790 e. The van der Waals surface area contributed by atoms with Crippen LogP contribution in [0.25, 0.3) is 0 Å². The number of para-hydroxylation sites is 1. The van der Waals surface area contributed by atoms with Crippen molar-refractivity contribution in [2.75, 3.05) is 26.5 Å². The molecule has 0 unspecified atom stereocenters. The van der Waals surface area contributed by atoms with Crippen molar-refractivity contribution in [1.82, 2.24) is 20.9 Å². The number of phosphoric acid groups is 1. The van der Waals surface area contributed by atoms with E-state index in [2.05, 4.69) is 20.5 Å². The summed E-state index contributed by atoms with van der Waals surface area (Å²) in [5.41, 5.74) is 3.48. The maximum atomic E-state index is 14.1. The van der Waals surface area contributed by atoms with E-state index >= 15 is 0 Å². The molecule has 1 fully saturated rings. The smallest absolute Gasteiger partial charge is 0.790 e. The molecular formula is C38H49N4Na2O9P. The van der Waals surface area contributed by atoms with Gasteiger partial charge in [0.25, 0.3) is 5.91 Å². The molecule has 0 bridgehead atoms. The van der Waals surface area contributed by atoms with Gasteiger partial charge < -0.3 is 49.2 Å². The van der Waals surface area contributed by atoms with Crippen molar-refractivity contribution in [3.05, 3.63) is 101 Å². The van der Waals surface area contributed by atoms with E-state index in [-0.39, 0.29) is 96.4 Å². The minimum atomic E-state index is -5.40. The van der Waals surface area contributed by atoms with E-state index in [1.54, 1.807) is 4.90 Å². The number of urea groups is 1. The summed E-state index contributed by atoms with van der Waals surface area (Å²) < 4.78 is 27.8. The van der Waals surface area contributed by atoms with Crippen molar-refractivity contribution >= 4 is 25.7 Å². The Bertz CT molecular complexity index is 1650. The second-order valence-corrected chi connectivity index (χ2v) is 14.5. The van der Waals surface area contributed by atoms with Gasteiger partial charge in [-0.15, -0.1) is 0 Å². The van der Waals surface area contributed by atoms with Gasteiger partial charge in [-0.25, -0.2) is 4.79 Å². The van der Waals surface area contributed by atoms with Crippen LogP contribution in [0.1, 0.15) is 48.9 Å². The first-order valence-electron chi connectivity index (χ1n) is 17.5. The first-order chi connectivity index (χ1) is 24.8. The predicted molar refractivity (Wildman–Crippen MR) is 192 cm³/mol. The van der Waals surface area contributed by atoms with E-state index in [1.165, 1.54) is 0 Å². The minimum absolute atomic E-state index is 0. The molecule has 13 nitrogen and oxygen atoms in total. The van der Waals surface area contributed by atoms with Gasteiger partial charge in [0, 0.05) is 19.1 Å². The number of amides is 4. The zero-order chi connectivity index (χ0) is 37.7. The Morgan fingerprint density at radius 3 is 2.04 bits per heavy atom. The van der Waals surface area contributed by atoms with Crippen molar-refractivity contribution in [2.24, 2.45) is 5.92 Å². The molecule has 3 N–H and O–H groups in total. The van der Waals surface area contributed by atoms with Gasteiger partial charge >= 0.3 is 65.1 Å². The number of hydrogen-bond donors (Lipinski definition) is 3. The van der Waals surface area contributed by atoms with Crippen LogP contribution in [0.3, 0.4) is 0 Å². The van der Waals surface area contributed by atoms with Gasteiger partial charge in [-0.05, 0) is 67.7 Å². The predicted octanol–water partition coefficient (Wildman–Crippen LogP) is -2.84. The third-order valence-electron chi connectivity index (χ3n) is 8.88. The molecule has 0 spiro atoms. The number of rotatable bonds is 19. The zero-order valence-corrected chi connectivity index (χ0v) is 37.0. The molecule has 1 saturated heterocycles. The van der Waals surface area contributed by atoms with Crippen molar-refractivity contribution in [3.63, 3.8) is 0 Å². The standard InChI is InChI=1S/C38H51N4O9P.2Na/c1-26(2)35(42-20-12-19-39-38(42)45)37(44)40-31(21-29-15-7-5-8-16-29)23-33(50-25-51-52(46,47)48)32(22-30-17-9-6-10-18-30)41-34(43)24-49-36-27(3)13-11-14-28(36)4;;/h5-11,13-18,26,31-33,35H,12,19-25H2,1-4H3,(H,39,45)(H,40,44)(H,41,43)(H2,46,47,48);;/q;2*+1/p-2/t31-,32-,33-,35-;;/m0../s1. The molecule has 0 saturated carbocycles. The Morgan fingerprint density at radius 1 is 0.889 bits per heavy atom. The van der Waals surface area contributed by atoms with Crippen LogP contribution >= 0.6 is 7.82 Å². The Kier molecular flexibility index (Phi) is 21.0. The molecule has 4 amide bonds. The summed E-state index contributed by atoms with van der Waals surface area (Å²) in [4.78, 5) is 64.8. The van der Waals surface area contributed by atoms with Crippen LogP contribution < -0.4 is 89.6 Å². The normalized spacial score (nSPS) is 15.1. The van der Waals surface area contributed by atoms with Crippen LogP contribution in [0.15, 0.2) is 78.9 Å². The SMILES string of the molecule is Cc1cccc(C)c1OCC(=O)N[C@@H](Cc1ccccc1)[C@H](C[C@H](Cc1ccccc1)NC(=O)[C@H](C(C)C)N1CCCNC1=O)OCOP(=O)([O-])[O-].[Na+].[Na+]. The van der Waals surface area contributed by atoms with Crippen LogP contribution in [-0.4, -0.2) is 73.5 Å². The van der Waals surface area contributed by atoms with Gasteiger partial charge in [-0.3, -0.25) is 9.59 Å². The number of ether oxygens (including phenoxy) is 2. The van der Waals surface area contributed by atoms with Crippen LogP contribution in [-0.2, 0) is 36.3 Å². The number of nitrogens with one attached hydrogen (secondary N) is 3. The Morgan fingerprint density at radius 2 is 1.48 bits per heavy atom. The second kappa shape index (κ2) is 23.7. The molecule has 3 aromatic rings. The molecule has 282 valence electrons. The van der Waals surface area contributed by atoms with Gasteiger partial charge in [-0.2, -0.15) is 0 Å². The largest absolute Gasteiger partial charge is 1.00 e. The van der Waals surface area contributed by atoms with E-state index in [9.17, 15) is 28.7 Å². The average molecular weight is 783 g/mol. The molecule has 1 aliphatic heterocycles. The van der Waals surface area contributed by atoms with Gasteiger partial charge in [0.2, 0.25) is 5.91 Å². The average Bonchev–Trinajstić information content (AvgIpc) is 3.08. The van der Waals surface area contributed by atoms with E-state index in [1.807, 2.05) is 107 Å². The topological polar surface area (TPSA) is 181 Å². The molecular weight excluding hydrogens is 733 g/mol. The van der Waals surface area contributed by atoms with Crippen molar-refractivity contribution in [2.45, 2.75) is 77.6 Å². The molecule has 3 aromatic carbocycles. The van der Waals surface area contributed by atoms with Crippen LogP contribution in [0.5, 0.6) is 5.75 Å². The third-order valence-corrected chi connectivity index (χ3v) is 9.30. The monoisotopic (exact) mass is 782 g/mol. The van der Waals surface area contributed by atoms with Gasteiger partial charge in [0.05, 0.1) is 20.0 Å². The number of phosphoric ester groups is 1. The Hall–Kier alpha value is -2.26. The first kappa shape index (κ1) is 47.9. The number of nitrogens with zero attached hydrogens (tertiary/aromatic N) is 1. The molecule has 0 aliphatic carbocycles. The van der Waals surface area contributed by atoms with Crippen LogP contribution in [0.4, 0.5) is 4.79 Å². The molecule has 54 heavy (non-hydrogen) atoms. The van der Waals surface area contributed by atoms with Crippen molar-refractivity contribution in [3.8, 4) is 5.75 Å². The van der Waals surface area contributed by atoms with E-state index in [0.29, 0.717) is 31.7 Å². The molecule has 16 heteroatoms. The van der Waals surface area contributed by atoms with Crippen molar-refractivity contribution < 1.29 is 102 Å². The number of aryl methyl sites for hydroxylation is 2. The maximum absolute atomic E-state index is 14.1. The third kappa shape index (κ3) is 15.7. The molecule has 0 radical (unpaired) electrons. The number of carbonyl (C=O) groups excluding carboxylic acids is 3. The zero-order valence-electron chi connectivity index (χ0n) is 32.1. The summed E-state index contributed by atoms with van der Waals surface area (Å²) in [5.74, 6) is -0.451. The van der Waals surface area contributed by atoms with Crippen LogP contribution in [0.2, 0.25) is 0 Å². The summed E-state index contributed by atoms with van der Waals surface area (Å²) in [6.07, 6.45) is 0.386. The molecule has 0 aromatic heterocycles. The Balaban J connectivity index is 0.00000504. The fraction of sp³-hybridized carbons (Fsp3) is 0.447. The molecule has 1 aliphatic rings. The summed E-state index contributed by atoms with van der Waals surface area (Å²) in [6.45, 7) is 7.26. The van der Waals surface area contributed by atoms with E-state index in [0.717, 1.165) is 22.3 Å². The summed E-state index contributed by atoms with van der Waals surface area (Å²) in [7, 11) is -5.40.